The molecule has 3 aromatic carbocycles. The molecule has 0 amide bonds. The van der Waals surface area contributed by atoms with Crippen LogP contribution in [0.1, 0.15) is 31.0 Å². The fourth-order valence-electron chi connectivity index (χ4n) is 5.24. The van der Waals surface area contributed by atoms with Gasteiger partial charge in [0.25, 0.3) is 0 Å². The summed E-state index contributed by atoms with van der Waals surface area (Å²) in [5.41, 5.74) is 1.86. The van der Waals surface area contributed by atoms with Gasteiger partial charge < -0.3 is 10.0 Å². The van der Waals surface area contributed by atoms with Crippen LogP contribution in [0.15, 0.2) is 96.1 Å². The highest BCUT2D eigenvalue weighted by Gasteiger charge is 2.48. The van der Waals surface area contributed by atoms with Gasteiger partial charge in [-0.2, -0.15) is 5.10 Å². The first-order chi connectivity index (χ1) is 17.9. The smallest absolute Gasteiger partial charge is 0.350 e. The third kappa shape index (κ3) is 4.34. The maximum atomic E-state index is 13.0. The van der Waals surface area contributed by atoms with E-state index in [-0.39, 0.29) is 11.7 Å². The molecule has 1 aliphatic heterocycles. The summed E-state index contributed by atoms with van der Waals surface area (Å²) in [4.78, 5) is 30.0. The first-order valence-corrected chi connectivity index (χ1v) is 12.5. The van der Waals surface area contributed by atoms with Crippen molar-refractivity contribution in [2.45, 2.75) is 25.4 Å². The second-order valence-electron chi connectivity index (χ2n) is 9.56. The number of benzene rings is 3. The summed E-state index contributed by atoms with van der Waals surface area (Å²) in [5.74, 6) is -0.880. The molecule has 1 saturated heterocycles. The molecule has 2 heterocycles. The van der Waals surface area contributed by atoms with Crippen molar-refractivity contribution in [3.8, 4) is 5.69 Å². The summed E-state index contributed by atoms with van der Waals surface area (Å²) in [6, 6.07) is 26.8. The van der Waals surface area contributed by atoms with Crippen LogP contribution in [-0.4, -0.2) is 56.5 Å². The molecule has 1 fully saturated rings. The van der Waals surface area contributed by atoms with Crippen LogP contribution in [0.5, 0.6) is 0 Å². The number of piperazine rings is 1. The SMILES string of the molecule is CC(C)n1ncn(-c2ccc(N3CCN(C(C(=O)O)(c4ccccc4)c4ccccc4)CC3)cc2)c1=O. The molecule has 5 rings (SSSR count). The zero-order chi connectivity index (χ0) is 26.0. The number of carboxylic acids is 1. The number of nitrogens with zero attached hydrogens (tertiary/aromatic N) is 5. The molecule has 1 N–H and O–H groups in total. The lowest BCUT2D eigenvalue weighted by molar-refractivity contribution is -0.149. The van der Waals surface area contributed by atoms with Crippen molar-refractivity contribution in [3.05, 3.63) is 113 Å². The fourth-order valence-corrected chi connectivity index (χ4v) is 5.24. The van der Waals surface area contributed by atoms with Crippen LogP contribution in [0.2, 0.25) is 0 Å². The zero-order valence-electron chi connectivity index (χ0n) is 21.1. The topological polar surface area (TPSA) is 83.6 Å². The molecule has 1 aliphatic rings. The number of aromatic nitrogens is 3. The van der Waals surface area contributed by atoms with Crippen LogP contribution in [0.3, 0.4) is 0 Å². The Bertz CT molecular complexity index is 1360. The van der Waals surface area contributed by atoms with Gasteiger partial charge in [0.2, 0.25) is 0 Å². The molecule has 1 aromatic heterocycles. The third-order valence-corrected chi connectivity index (χ3v) is 7.12. The van der Waals surface area contributed by atoms with Gasteiger partial charge in [-0.05, 0) is 49.2 Å². The highest BCUT2D eigenvalue weighted by atomic mass is 16.4. The molecule has 0 bridgehead atoms. The Morgan fingerprint density at radius 2 is 1.32 bits per heavy atom. The molecule has 8 nitrogen and oxygen atoms in total. The number of hydrogen-bond donors (Lipinski definition) is 1. The molecule has 0 radical (unpaired) electrons. The highest BCUT2D eigenvalue weighted by Crippen LogP contribution is 2.37. The number of aliphatic carboxylic acids is 1. The van der Waals surface area contributed by atoms with Crippen LogP contribution in [0.4, 0.5) is 5.69 Å². The summed E-state index contributed by atoms with van der Waals surface area (Å²) in [6.45, 7) is 6.38. The first-order valence-electron chi connectivity index (χ1n) is 12.5. The van der Waals surface area contributed by atoms with Crippen molar-refractivity contribution < 1.29 is 9.90 Å². The van der Waals surface area contributed by atoms with Crippen LogP contribution < -0.4 is 10.6 Å². The largest absolute Gasteiger partial charge is 0.479 e. The summed E-state index contributed by atoms with van der Waals surface area (Å²) >= 11 is 0. The average molecular weight is 498 g/mol. The Hall–Kier alpha value is -4.17. The van der Waals surface area contributed by atoms with Crippen LogP contribution in [-0.2, 0) is 10.3 Å². The maximum absolute atomic E-state index is 13.0. The van der Waals surface area contributed by atoms with Gasteiger partial charge in [-0.15, -0.1) is 0 Å². The maximum Gasteiger partial charge on any atom is 0.350 e. The lowest BCUT2D eigenvalue weighted by Gasteiger charge is -2.46. The minimum Gasteiger partial charge on any atom is -0.479 e. The Kier molecular flexibility index (Phi) is 6.67. The first kappa shape index (κ1) is 24.5. The van der Waals surface area contributed by atoms with Crippen molar-refractivity contribution in [3.63, 3.8) is 0 Å². The Balaban J connectivity index is 1.39. The summed E-state index contributed by atoms with van der Waals surface area (Å²) in [7, 11) is 0. The lowest BCUT2D eigenvalue weighted by Crippen LogP contribution is -2.59. The van der Waals surface area contributed by atoms with E-state index in [0.29, 0.717) is 26.2 Å². The molecular formula is C29H31N5O3. The van der Waals surface area contributed by atoms with Gasteiger partial charge in [0.1, 0.15) is 6.33 Å². The fraction of sp³-hybridized carbons (Fsp3) is 0.276. The standard InChI is InChI=1S/C29H31N5O3/c1-22(2)34-28(37)33(21-30-34)26-15-13-25(14-16-26)31-17-19-32(20-18-31)29(27(35)36,23-9-5-3-6-10-23)24-11-7-4-8-12-24/h3-16,21-22H,17-20H2,1-2H3,(H,35,36). The van der Waals surface area contributed by atoms with E-state index in [4.69, 9.17) is 0 Å². The Morgan fingerprint density at radius 3 is 1.78 bits per heavy atom. The number of hydrogen-bond acceptors (Lipinski definition) is 5. The second-order valence-corrected chi connectivity index (χ2v) is 9.56. The van der Waals surface area contributed by atoms with Crippen molar-refractivity contribution in [2.24, 2.45) is 0 Å². The molecule has 0 unspecified atom stereocenters. The molecule has 0 aliphatic carbocycles. The molecule has 0 saturated carbocycles. The minimum absolute atomic E-state index is 0.00554. The van der Waals surface area contributed by atoms with Crippen molar-refractivity contribution in [2.75, 3.05) is 31.1 Å². The minimum atomic E-state index is -1.27. The number of rotatable bonds is 7. The van der Waals surface area contributed by atoms with E-state index in [1.807, 2.05) is 98.8 Å². The van der Waals surface area contributed by atoms with Crippen molar-refractivity contribution in [1.29, 1.82) is 0 Å². The van der Waals surface area contributed by atoms with E-state index in [9.17, 15) is 14.7 Å². The molecule has 4 aromatic rings. The van der Waals surface area contributed by atoms with E-state index in [1.54, 1.807) is 10.9 Å². The quantitative estimate of drug-likeness (QED) is 0.419. The molecule has 0 spiro atoms. The van der Waals surface area contributed by atoms with Gasteiger partial charge in [0, 0.05) is 31.9 Å². The molecule has 8 heteroatoms. The van der Waals surface area contributed by atoms with E-state index in [0.717, 1.165) is 22.5 Å². The van der Waals surface area contributed by atoms with Crippen molar-refractivity contribution >= 4 is 11.7 Å². The van der Waals surface area contributed by atoms with Gasteiger partial charge in [-0.25, -0.2) is 18.8 Å². The molecule has 0 atom stereocenters. The third-order valence-electron chi connectivity index (χ3n) is 7.12. The van der Waals surface area contributed by atoms with Gasteiger partial charge >= 0.3 is 11.7 Å². The second kappa shape index (κ2) is 10.1. The zero-order valence-corrected chi connectivity index (χ0v) is 21.1. The normalized spacial score (nSPS) is 14.7. The number of carboxylic acid groups (broad SMARTS) is 1. The molecule has 37 heavy (non-hydrogen) atoms. The number of anilines is 1. The molecular weight excluding hydrogens is 466 g/mol. The van der Waals surface area contributed by atoms with Gasteiger partial charge in [-0.1, -0.05) is 60.7 Å². The average Bonchev–Trinajstić information content (AvgIpc) is 3.32. The lowest BCUT2D eigenvalue weighted by atomic mass is 9.80. The van der Waals surface area contributed by atoms with E-state index < -0.39 is 11.5 Å². The van der Waals surface area contributed by atoms with E-state index in [1.165, 1.54) is 4.68 Å². The Morgan fingerprint density at radius 1 is 0.811 bits per heavy atom. The Labute approximate surface area is 216 Å². The highest BCUT2D eigenvalue weighted by molar-refractivity contribution is 5.85. The monoisotopic (exact) mass is 497 g/mol. The van der Waals surface area contributed by atoms with E-state index in [2.05, 4.69) is 14.9 Å². The predicted molar refractivity (Wildman–Crippen MR) is 143 cm³/mol. The predicted octanol–water partition coefficient (Wildman–Crippen LogP) is 3.77. The van der Waals surface area contributed by atoms with Crippen LogP contribution >= 0.6 is 0 Å². The summed E-state index contributed by atoms with van der Waals surface area (Å²) in [6.07, 6.45) is 1.55. The van der Waals surface area contributed by atoms with Crippen LogP contribution in [0, 0.1) is 0 Å². The van der Waals surface area contributed by atoms with Gasteiger partial charge in [-0.3, -0.25) is 4.90 Å². The van der Waals surface area contributed by atoms with Gasteiger partial charge in [0.15, 0.2) is 5.54 Å². The summed E-state index contributed by atoms with van der Waals surface area (Å²) < 4.78 is 3.00. The summed E-state index contributed by atoms with van der Waals surface area (Å²) in [5, 5.41) is 14.9. The number of carbonyl (C=O) groups is 1. The van der Waals surface area contributed by atoms with E-state index >= 15 is 0 Å². The molecule has 190 valence electrons. The van der Waals surface area contributed by atoms with Crippen molar-refractivity contribution in [1.82, 2.24) is 19.2 Å². The van der Waals surface area contributed by atoms with Gasteiger partial charge in [0.05, 0.1) is 11.7 Å². The van der Waals surface area contributed by atoms with Crippen LogP contribution in [0.25, 0.3) is 5.69 Å².